The lowest BCUT2D eigenvalue weighted by atomic mass is 10.3. The normalized spacial score (nSPS) is 10.3. The Kier molecular flexibility index (Phi) is 3.93. The Morgan fingerprint density at radius 2 is 2.17 bits per heavy atom. The first-order chi connectivity index (χ1) is 8.56. The third kappa shape index (κ3) is 3.05. The van der Waals surface area contributed by atoms with Gasteiger partial charge < -0.3 is 14.3 Å². The number of rotatable bonds is 4. The molecule has 0 spiro atoms. The Hall–Kier alpha value is -1.46. The lowest BCUT2D eigenvalue weighted by molar-refractivity contribution is 0.0658. The van der Waals surface area contributed by atoms with Crippen molar-refractivity contribution in [3.05, 3.63) is 51.3 Å². The molecule has 1 heterocycles. The van der Waals surface area contributed by atoms with E-state index < -0.39 is 5.97 Å². The molecule has 0 saturated carbocycles. The molecule has 1 N–H and O–H groups in total. The van der Waals surface area contributed by atoms with Crippen LogP contribution in [0.5, 0.6) is 5.75 Å². The first-order valence-corrected chi connectivity index (χ1v) is 6.13. The molecule has 1 aromatic carbocycles. The molecule has 0 amide bonds. The molecule has 0 fully saturated rings. The van der Waals surface area contributed by atoms with Crippen molar-refractivity contribution < 1.29 is 19.1 Å². The Bertz CT molecular complexity index is 579. The van der Waals surface area contributed by atoms with Crippen LogP contribution in [-0.2, 0) is 6.61 Å². The quantitative estimate of drug-likeness (QED) is 0.921. The number of carboxylic acid groups (broad SMARTS) is 1. The SMILES string of the molecule is O=C(O)c1ccc(COc2ccc(Br)cc2Cl)o1. The maximum Gasteiger partial charge on any atom is 0.371 e. The fraction of sp³-hybridized carbons (Fsp3) is 0.0833. The lowest BCUT2D eigenvalue weighted by Gasteiger charge is -2.06. The summed E-state index contributed by atoms with van der Waals surface area (Å²) in [5.74, 6) is -0.294. The molecule has 0 radical (unpaired) electrons. The highest BCUT2D eigenvalue weighted by Crippen LogP contribution is 2.28. The third-order valence-corrected chi connectivity index (χ3v) is 2.92. The second kappa shape index (κ2) is 5.46. The molecule has 0 unspecified atom stereocenters. The molecule has 1 aromatic heterocycles. The average molecular weight is 332 g/mol. The molecule has 0 aliphatic rings. The summed E-state index contributed by atoms with van der Waals surface area (Å²) in [6.07, 6.45) is 0. The summed E-state index contributed by atoms with van der Waals surface area (Å²) in [6.45, 7) is 0.120. The van der Waals surface area contributed by atoms with Crippen LogP contribution in [0.2, 0.25) is 5.02 Å². The predicted molar refractivity (Wildman–Crippen MR) is 69.2 cm³/mol. The first kappa shape index (κ1) is 13.0. The van der Waals surface area contributed by atoms with Crippen molar-refractivity contribution in [2.75, 3.05) is 0 Å². The molecule has 0 bridgehead atoms. The maximum atomic E-state index is 10.6. The summed E-state index contributed by atoms with van der Waals surface area (Å²) in [5, 5.41) is 9.16. The van der Waals surface area contributed by atoms with Crippen LogP contribution in [0.4, 0.5) is 0 Å². The minimum atomic E-state index is -1.11. The van der Waals surface area contributed by atoms with E-state index in [9.17, 15) is 4.79 Å². The summed E-state index contributed by atoms with van der Waals surface area (Å²) in [5.41, 5.74) is 0. The largest absolute Gasteiger partial charge is 0.484 e. The monoisotopic (exact) mass is 330 g/mol. The molecule has 0 atom stereocenters. The van der Waals surface area contributed by atoms with E-state index in [1.54, 1.807) is 24.3 Å². The van der Waals surface area contributed by atoms with Gasteiger partial charge in [0, 0.05) is 4.47 Å². The van der Waals surface area contributed by atoms with Gasteiger partial charge in [0.25, 0.3) is 0 Å². The number of benzene rings is 1. The van der Waals surface area contributed by atoms with Gasteiger partial charge in [0.05, 0.1) is 5.02 Å². The standard InChI is InChI=1S/C12H8BrClO4/c13-7-1-3-10(9(14)5-7)17-6-8-2-4-11(18-8)12(15)16/h1-5H,6H2,(H,15,16). The number of aromatic carboxylic acids is 1. The predicted octanol–water partition coefficient (Wildman–Crippen LogP) is 3.97. The molecule has 94 valence electrons. The summed E-state index contributed by atoms with van der Waals surface area (Å²) in [6, 6.07) is 8.15. The Labute approximate surface area is 116 Å². The van der Waals surface area contributed by atoms with Crippen molar-refractivity contribution in [2.45, 2.75) is 6.61 Å². The summed E-state index contributed by atoms with van der Waals surface area (Å²) >= 11 is 9.26. The summed E-state index contributed by atoms with van der Waals surface area (Å²) < 4.78 is 11.3. The zero-order valence-corrected chi connectivity index (χ0v) is 11.4. The van der Waals surface area contributed by atoms with Crippen LogP contribution in [0.1, 0.15) is 16.3 Å². The van der Waals surface area contributed by atoms with Crippen molar-refractivity contribution in [1.82, 2.24) is 0 Å². The van der Waals surface area contributed by atoms with Crippen molar-refractivity contribution in [2.24, 2.45) is 0 Å². The molecule has 6 heteroatoms. The molecule has 2 rings (SSSR count). The average Bonchev–Trinajstić information content (AvgIpc) is 2.76. The molecule has 4 nitrogen and oxygen atoms in total. The van der Waals surface area contributed by atoms with Gasteiger partial charge in [-0.1, -0.05) is 27.5 Å². The molecule has 0 saturated heterocycles. The molecular weight excluding hydrogens is 323 g/mol. The van der Waals surface area contributed by atoms with Gasteiger partial charge in [-0.3, -0.25) is 0 Å². The number of ether oxygens (including phenoxy) is 1. The van der Waals surface area contributed by atoms with Gasteiger partial charge in [0.15, 0.2) is 0 Å². The van der Waals surface area contributed by atoms with E-state index in [0.717, 1.165) is 4.47 Å². The Balaban J connectivity index is 2.04. The van der Waals surface area contributed by atoms with Gasteiger partial charge in [-0.25, -0.2) is 4.79 Å². The zero-order chi connectivity index (χ0) is 13.1. The van der Waals surface area contributed by atoms with E-state index in [2.05, 4.69) is 15.9 Å². The smallest absolute Gasteiger partial charge is 0.371 e. The lowest BCUT2D eigenvalue weighted by Crippen LogP contribution is -1.95. The molecule has 18 heavy (non-hydrogen) atoms. The van der Waals surface area contributed by atoms with Crippen molar-refractivity contribution in [3.8, 4) is 5.75 Å². The van der Waals surface area contributed by atoms with E-state index in [1.807, 2.05) is 0 Å². The highest BCUT2D eigenvalue weighted by molar-refractivity contribution is 9.10. The summed E-state index contributed by atoms with van der Waals surface area (Å²) in [4.78, 5) is 10.6. The molecule has 0 aliphatic heterocycles. The number of carbonyl (C=O) groups is 1. The number of hydrogen-bond acceptors (Lipinski definition) is 3. The van der Waals surface area contributed by atoms with Gasteiger partial charge >= 0.3 is 5.97 Å². The van der Waals surface area contributed by atoms with Crippen LogP contribution in [0.3, 0.4) is 0 Å². The van der Waals surface area contributed by atoms with E-state index in [1.165, 1.54) is 6.07 Å². The number of hydrogen-bond donors (Lipinski definition) is 1. The highest BCUT2D eigenvalue weighted by atomic mass is 79.9. The van der Waals surface area contributed by atoms with Gasteiger partial charge in [-0.15, -0.1) is 0 Å². The van der Waals surface area contributed by atoms with Crippen LogP contribution in [0.15, 0.2) is 39.2 Å². The van der Waals surface area contributed by atoms with Crippen LogP contribution in [0, 0.1) is 0 Å². The number of carboxylic acids is 1. The first-order valence-electron chi connectivity index (χ1n) is 4.96. The van der Waals surface area contributed by atoms with Crippen LogP contribution < -0.4 is 4.74 Å². The summed E-state index contributed by atoms with van der Waals surface area (Å²) in [7, 11) is 0. The maximum absolute atomic E-state index is 10.6. The van der Waals surface area contributed by atoms with Crippen LogP contribution >= 0.6 is 27.5 Å². The second-order valence-electron chi connectivity index (χ2n) is 3.43. The topological polar surface area (TPSA) is 59.7 Å². The number of furan rings is 1. The van der Waals surface area contributed by atoms with Crippen molar-refractivity contribution in [3.63, 3.8) is 0 Å². The van der Waals surface area contributed by atoms with E-state index >= 15 is 0 Å². The van der Waals surface area contributed by atoms with E-state index in [-0.39, 0.29) is 12.4 Å². The Morgan fingerprint density at radius 3 is 2.78 bits per heavy atom. The Morgan fingerprint density at radius 1 is 1.39 bits per heavy atom. The number of halogens is 2. The van der Waals surface area contributed by atoms with E-state index in [4.69, 9.17) is 25.9 Å². The van der Waals surface area contributed by atoms with E-state index in [0.29, 0.717) is 16.5 Å². The fourth-order valence-electron chi connectivity index (χ4n) is 1.31. The molecule has 2 aromatic rings. The van der Waals surface area contributed by atoms with Gasteiger partial charge in [-0.2, -0.15) is 0 Å². The molecule has 0 aliphatic carbocycles. The van der Waals surface area contributed by atoms with Crippen molar-refractivity contribution >= 4 is 33.5 Å². The minimum absolute atomic E-state index is 0.115. The van der Waals surface area contributed by atoms with Crippen LogP contribution in [0.25, 0.3) is 0 Å². The third-order valence-electron chi connectivity index (χ3n) is 2.14. The highest BCUT2D eigenvalue weighted by Gasteiger charge is 2.10. The minimum Gasteiger partial charge on any atom is -0.484 e. The van der Waals surface area contributed by atoms with Gasteiger partial charge in [-0.05, 0) is 30.3 Å². The fourth-order valence-corrected chi connectivity index (χ4v) is 2.04. The van der Waals surface area contributed by atoms with Crippen molar-refractivity contribution in [1.29, 1.82) is 0 Å². The van der Waals surface area contributed by atoms with Crippen LogP contribution in [-0.4, -0.2) is 11.1 Å². The van der Waals surface area contributed by atoms with Gasteiger partial charge in [0.2, 0.25) is 5.76 Å². The molecular formula is C12H8BrClO4. The zero-order valence-electron chi connectivity index (χ0n) is 9.02. The van der Waals surface area contributed by atoms with Gasteiger partial charge in [0.1, 0.15) is 18.1 Å². The second-order valence-corrected chi connectivity index (χ2v) is 4.76.